The number of carbonyl (C=O) groups is 1. The number of hydrogen-bond donors (Lipinski definition) is 0. The van der Waals surface area contributed by atoms with E-state index in [2.05, 4.69) is 37.1 Å². The van der Waals surface area contributed by atoms with Gasteiger partial charge in [0, 0.05) is 36.7 Å². The molecule has 0 N–H and O–H groups in total. The number of aromatic nitrogens is 1. The fourth-order valence-electron chi connectivity index (χ4n) is 7.11. The third-order valence-corrected chi connectivity index (χ3v) is 8.76. The van der Waals surface area contributed by atoms with Crippen LogP contribution in [0.15, 0.2) is 47.8 Å². The summed E-state index contributed by atoms with van der Waals surface area (Å²) in [6.45, 7) is 6.18. The molecular weight excluding hydrogens is 408 g/mol. The molecule has 0 unspecified atom stereocenters. The summed E-state index contributed by atoms with van der Waals surface area (Å²) in [5.41, 5.74) is 4.85. The number of esters is 1. The highest BCUT2D eigenvalue weighted by molar-refractivity contribution is 5.78. The maximum atomic E-state index is 13.3. The van der Waals surface area contributed by atoms with Crippen molar-refractivity contribution < 1.29 is 18.3 Å². The molecule has 0 bridgehead atoms. The van der Waals surface area contributed by atoms with Crippen LogP contribution in [0, 0.1) is 22.7 Å². The zero-order valence-electron chi connectivity index (χ0n) is 19.0. The Bertz CT molecular complexity index is 1040. The number of rotatable bonds is 3. The molecule has 2 saturated carbocycles. The van der Waals surface area contributed by atoms with Crippen molar-refractivity contribution in [3.05, 3.63) is 59.0 Å². The van der Waals surface area contributed by atoms with Crippen LogP contribution in [0.25, 0.3) is 5.57 Å². The molecular formula is C27H31F2NO2. The van der Waals surface area contributed by atoms with E-state index >= 15 is 0 Å². The maximum absolute atomic E-state index is 13.3. The van der Waals surface area contributed by atoms with Crippen molar-refractivity contribution in [2.75, 3.05) is 0 Å². The molecule has 0 saturated heterocycles. The molecule has 1 aromatic rings. The number of ether oxygens (including phenoxy) is 1. The van der Waals surface area contributed by atoms with Crippen molar-refractivity contribution in [3.8, 4) is 0 Å². The maximum Gasteiger partial charge on any atom is 0.302 e. The van der Waals surface area contributed by atoms with Crippen molar-refractivity contribution >= 4 is 11.5 Å². The summed E-state index contributed by atoms with van der Waals surface area (Å²) in [4.78, 5) is 15.5. The second-order valence-electron chi connectivity index (χ2n) is 10.5. The van der Waals surface area contributed by atoms with Crippen LogP contribution in [0.4, 0.5) is 8.78 Å². The zero-order valence-corrected chi connectivity index (χ0v) is 19.0. The number of pyridine rings is 1. The zero-order chi connectivity index (χ0) is 22.7. The Morgan fingerprint density at radius 1 is 1.19 bits per heavy atom. The number of hydrogen-bond acceptors (Lipinski definition) is 3. The third kappa shape index (κ3) is 3.27. The van der Waals surface area contributed by atoms with Gasteiger partial charge in [-0.3, -0.25) is 9.78 Å². The van der Waals surface area contributed by atoms with Crippen molar-refractivity contribution in [1.29, 1.82) is 0 Å². The van der Waals surface area contributed by atoms with Gasteiger partial charge in [-0.1, -0.05) is 43.2 Å². The van der Waals surface area contributed by atoms with E-state index in [1.54, 1.807) is 12.3 Å². The minimum Gasteiger partial charge on any atom is -0.462 e. The van der Waals surface area contributed by atoms with Gasteiger partial charge in [0.1, 0.15) is 6.10 Å². The van der Waals surface area contributed by atoms with Crippen LogP contribution in [0.5, 0.6) is 0 Å². The normalized spacial score (nSPS) is 35.8. The first-order valence-electron chi connectivity index (χ1n) is 11.8. The minimum absolute atomic E-state index is 0.00538. The molecule has 5 rings (SSSR count). The smallest absolute Gasteiger partial charge is 0.302 e. The quantitative estimate of drug-likeness (QED) is 0.383. The van der Waals surface area contributed by atoms with Gasteiger partial charge in [0.15, 0.2) is 0 Å². The highest BCUT2D eigenvalue weighted by atomic mass is 19.3. The van der Waals surface area contributed by atoms with Crippen molar-refractivity contribution in [3.63, 3.8) is 0 Å². The standard InChI is InChI=1S/C27H31F2NO2/c1-16(31)32-20-8-10-26(2)19(13-20)4-5-21-23-7-6-22(27(23,3)11-9-24(21)26)17-12-18(25(28)29)15-30-14-17/h4,6-7,12,14-15,20-21,24-25H,5,8-11,13H2,1-3H3/t20-,21-,24-,26-,27+/m0/s1. The Kier molecular flexibility index (Phi) is 5.14. The van der Waals surface area contributed by atoms with E-state index in [9.17, 15) is 13.6 Å². The van der Waals surface area contributed by atoms with Crippen LogP contribution in [-0.4, -0.2) is 17.1 Å². The van der Waals surface area contributed by atoms with Crippen molar-refractivity contribution in [2.45, 2.75) is 71.8 Å². The molecule has 0 spiro atoms. The summed E-state index contributed by atoms with van der Waals surface area (Å²) in [6.07, 6.45) is 13.2. The summed E-state index contributed by atoms with van der Waals surface area (Å²) in [5.74, 6) is 0.840. The molecule has 0 amide bonds. The van der Waals surface area contributed by atoms with Crippen LogP contribution in [0.2, 0.25) is 0 Å². The van der Waals surface area contributed by atoms with E-state index in [-0.39, 0.29) is 28.5 Å². The van der Waals surface area contributed by atoms with Crippen LogP contribution in [-0.2, 0) is 9.53 Å². The molecule has 4 aliphatic rings. The molecule has 2 fully saturated rings. The molecule has 0 aromatic carbocycles. The first kappa shape index (κ1) is 21.5. The van der Waals surface area contributed by atoms with Crippen molar-refractivity contribution in [1.82, 2.24) is 4.98 Å². The highest BCUT2D eigenvalue weighted by Crippen LogP contribution is 2.64. The Morgan fingerprint density at radius 2 is 2.00 bits per heavy atom. The van der Waals surface area contributed by atoms with Gasteiger partial charge in [0.2, 0.25) is 0 Å². The first-order valence-corrected chi connectivity index (χ1v) is 11.8. The Hall–Kier alpha value is -2.30. The summed E-state index contributed by atoms with van der Waals surface area (Å²) in [7, 11) is 0. The molecule has 5 atom stereocenters. The summed E-state index contributed by atoms with van der Waals surface area (Å²) < 4.78 is 32.1. The van der Waals surface area contributed by atoms with Gasteiger partial charge >= 0.3 is 5.97 Å². The van der Waals surface area contributed by atoms with Gasteiger partial charge < -0.3 is 4.74 Å². The fourth-order valence-corrected chi connectivity index (χ4v) is 7.11. The Morgan fingerprint density at radius 3 is 2.75 bits per heavy atom. The molecule has 0 radical (unpaired) electrons. The second kappa shape index (κ2) is 7.64. The minimum atomic E-state index is -2.51. The lowest BCUT2D eigenvalue weighted by molar-refractivity contribution is -0.148. The van der Waals surface area contributed by atoms with Crippen LogP contribution >= 0.6 is 0 Å². The molecule has 32 heavy (non-hydrogen) atoms. The van der Waals surface area contributed by atoms with Gasteiger partial charge in [0.25, 0.3) is 6.43 Å². The molecule has 4 aliphatic carbocycles. The molecule has 1 aromatic heterocycles. The summed E-state index contributed by atoms with van der Waals surface area (Å²) in [6, 6.07) is 1.61. The van der Waals surface area contributed by atoms with E-state index in [1.165, 1.54) is 24.3 Å². The molecule has 5 heteroatoms. The number of alkyl halides is 2. The fraction of sp³-hybridized carbons (Fsp3) is 0.556. The lowest BCUT2D eigenvalue weighted by Crippen LogP contribution is -2.47. The van der Waals surface area contributed by atoms with Crippen LogP contribution < -0.4 is 0 Å². The summed E-state index contributed by atoms with van der Waals surface area (Å²) in [5, 5.41) is 0. The van der Waals surface area contributed by atoms with Gasteiger partial charge in [-0.25, -0.2) is 8.78 Å². The lowest BCUT2D eigenvalue weighted by atomic mass is 9.49. The summed E-state index contributed by atoms with van der Waals surface area (Å²) >= 11 is 0. The van der Waals surface area contributed by atoms with Gasteiger partial charge in [-0.15, -0.1) is 0 Å². The predicted molar refractivity (Wildman–Crippen MR) is 120 cm³/mol. The molecule has 0 aliphatic heterocycles. The molecule has 1 heterocycles. The van der Waals surface area contributed by atoms with E-state index in [0.717, 1.165) is 49.7 Å². The molecule has 3 nitrogen and oxygen atoms in total. The third-order valence-electron chi connectivity index (χ3n) is 8.76. The average molecular weight is 440 g/mol. The van der Waals surface area contributed by atoms with Gasteiger partial charge in [0.05, 0.1) is 0 Å². The van der Waals surface area contributed by atoms with E-state index < -0.39 is 6.43 Å². The monoisotopic (exact) mass is 439 g/mol. The van der Waals surface area contributed by atoms with Gasteiger partial charge in [-0.05, 0) is 66.6 Å². The van der Waals surface area contributed by atoms with Gasteiger partial charge in [-0.2, -0.15) is 0 Å². The van der Waals surface area contributed by atoms with E-state index in [1.807, 2.05) is 0 Å². The number of carbonyl (C=O) groups excluding carboxylic acids is 1. The topological polar surface area (TPSA) is 39.2 Å². The predicted octanol–water partition coefficient (Wildman–Crippen LogP) is 6.83. The number of nitrogens with zero attached hydrogens (tertiary/aromatic N) is 1. The van der Waals surface area contributed by atoms with E-state index in [0.29, 0.717) is 11.8 Å². The second-order valence-corrected chi connectivity index (χ2v) is 10.5. The number of fused-ring (bicyclic) bond motifs is 5. The Balaban J connectivity index is 1.41. The van der Waals surface area contributed by atoms with Crippen molar-refractivity contribution in [2.24, 2.45) is 22.7 Å². The van der Waals surface area contributed by atoms with Crippen LogP contribution in [0.3, 0.4) is 0 Å². The largest absolute Gasteiger partial charge is 0.462 e. The van der Waals surface area contributed by atoms with E-state index in [4.69, 9.17) is 4.74 Å². The SMILES string of the molecule is CC(=O)O[C@H]1CC[C@@]2(C)C(=CC[C@H]3C4=CC=C(c5cncc(C(F)F)c5)[C@@]4(C)CC[C@@H]32)C1. The number of halogens is 2. The average Bonchev–Trinajstić information content (AvgIpc) is 3.11. The Labute approximate surface area is 188 Å². The lowest BCUT2D eigenvalue weighted by Gasteiger charge is -2.56. The van der Waals surface area contributed by atoms with Crippen LogP contribution in [0.1, 0.15) is 76.8 Å². The number of allylic oxidation sites excluding steroid dienone is 5. The molecule has 170 valence electrons. The first-order chi connectivity index (χ1) is 15.2. The highest BCUT2D eigenvalue weighted by Gasteiger charge is 2.54.